The molecule has 168 valence electrons. The lowest BCUT2D eigenvalue weighted by Gasteiger charge is -2.35. The molecule has 2 heterocycles. The highest BCUT2D eigenvalue weighted by molar-refractivity contribution is 7.92. The maximum Gasteiger partial charge on any atom is 0.264 e. The summed E-state index contributed by atoms with van der Waals surface area (Å²) in [4.78, 5) is 26.5. The van der Waals surface area contributed by atoms with Crippen molar-refractivity contribution in [1.82, 2.24) is 10.2 Å². The number of benzene rings is 2. The third-order valence-electron chi connectivity index (χ3n) is 6.04. The number of nitrogens with zero attached hydrogens (tertiary/aromatic N) is 2. The van der Waals surface area contributed by atoms with Gasteiger partial charge in [0, 0.05) is 25.2 Å². The SMILES string of the molecule is C=CC(=O)NC1CCN(S(=O)(=O)c2ccc(C(=O)N3CCCCC3)cc2)c2ccccc21. The highest BCUT2D eigenvalue weighted by atomic mass is 32.2. The molecule has 1 fully saturated rings. The molecule has 2 aromatic carbocycles. The van der Waals surface area contributed by atoms with Gasteiger partial charge in [-0.1, -0.05) is 24.8 Å². The van der Waals surface area contributed by atoms with Gasteiger partial charge in [0.05, 0.1) is 16.6 Å². The number of anilines is 1. The van der Waals surface area contributed by atoms with E-state index in [2.05, 4.69) is 11.9 Å². The Morgan fingerprint density at radius 2 is 1.66 bits per heavy atom. The Balaban J connectivity index is 1.59. The monoisotopic (exact) mass is 453 g/mol. The minimum Gasteiger partial charge on any atom is -0.346 e. The van der Waals surface area contributed by atoms with E-state index in [-0.39, 0.29) is 29.3 Å². The van der Waals surface area contributed by atoms with Crippen molar-refractivity contribution in [3.63, 3.8) is 0 Å². The summed E-state index contributed by atoms with van der Waals surface area (Å²) in [5, 5.41) is 2.87. The van der Waals surface area contributed by atoms with Gasteiger partial charge >= 0.3 is 0 Å². The summed E-state index contributed by atoms with van der Waals surface area (Å²) in [6, 6.07) is 13.1. The van der Waals surface area contributed by atoms with Crippen LogP contribution in [-0.2, 0) is 14.8 Å². The van der Waals surface area contributed by atoms with Crippen molar-refractivity contribution >= 4 is 27.5 Å². The van der Waals surface area contributed by atoms with Crippen molar-refractivity contribution in [3.8, 4) is 0 Å². The van der Waals surface area contributed by atoms with Gasteiger partial charge < -0.3 is 10.2 Å². The van der Waals surface area contributed by atoms with E-state index in [0.29, 0.717) is 17.7 Å². The van der Waals surface area contributed by atoms with Gasteiger partial charge in [0.15, 0.2) is 0 Å². The number of nitrogens with one attached hydrogen (secondary N) is 1. The molecule has 2 aliphatic heterocycles. The zero-order chi connectivity index (χ0) is 22.7. The molecular weight excluding hydrogens is 426 g/mol. The average Bonchev–Trinajstić information content (AvgIpc) is 2.84. The second-order valence-electron chi connectivity index (χ2n) is 8.07. The number of carbonyl (C=O) groups is 2. The molecule has 0 spiro atoms. The first-order valence-corrected chi connectivity index (χ1v) is 12.3. The lowest BCUT2D eigenvalue weighted by Crippen LogP contribution is -2.40. The minimum absolute atomic E-state index is 0.0576. The maximum absolute atomic E-state index is 13.4. The number of likely N-dealkylation sites (tertiary alicyclic amines) is 1. The fourth-order valence-electron chi connectivity index (χ4n) is 4.34. The van der Waals surface area contributed by atoms with Gasteiger partial charge in [-0.2, -0.15) is 0 Å². The van der Waals surface area contributed by atoms with Crippen LogP contribution in [-0.4, -0.2) is 44.8 Å². The number of fused-ring (bicyclic) bond motifs is 1. The molecule has 1 atom stereocenters. The van der Waals surface area contributed by atoms with E-state index < -0.39 is 10.0 Å². The van der Waals surface area contributed by atoms with Crippen molar-refractivity contribution in [2.24, 2.45) is 0 Å². The molecule has 2 aliphatic rings. The Bertz CT molecular complexity index is 1120. The Labute approximate surface area is 188 Å². The standard InChI is InChI=1S/C24H27N3O4S/c1-2-23(28)25-21-14-17-27(22-9-5-4-8-20(21)22)32(30,31)19-12-10-18(11-13-19)24(29)26-15-6-3-7-16-26/h2,4-5,8-13,21H,1,3,6-7,14-17H2,(H,25,28). The topological polar surface area (TPSA) is 86.8 Å². The number of piperidine rings is 1. The van der Waals surface area contributed by atoms with Crippen LogP contribution in [0.3, 0.4) is 0 Å². The Hall–Kier alpha value is -3.13. The predicted octanol–water partition coefficient (Wildman–Crippen LogP) is 3.26. The summed E-state index contributed by atoms with van der Waals surface area (Å²) in [7, 11) is -3.82. The zero-order valence-corrected chi connectivity index (χ0v) is 18.7. The van der Waals surface area contributed by atoms with E-state index in [0.717, 1.165) is 37.9 Å². The van der Waals surface area contributed by atoms with Crippen LogP contribution in [0.2, 0.25) is 0 Å². The normalized spacial score (nSPS) is 18.6. The van der Waals surface area contributed by atoms with Crippen LogP contribution < -0.4 is 9.62 Å². The molecule has 2 amide bonds. The number of para-hydroxylation sites is 1. The van der Waals surface area contributed by atoms with E-state index >= 15 is 0 Å². The molecule has 32 heavy (non-hydrogen) atoms. The summed E-state index contributed by atoms with van der Waals surface area (Å²) in [6.45, 7) is 5.20. The molecule has 1 unspecified atom stereocenters. The first-order valence-electron chi connectivity index (χ1n) is 10.9. The van der Waals surface area contributed by atoms with Crippen LogP contribution in [0.25, 0.3) is 0 Å². The molecule has 1 saturated heterocycles. The van der Waals surface area contributed by atoms with Crippen molar-refractivity contribution in [2.75, 3.05) is 23.9 Å². The summed E-state index contributed by atoms with van der Waals surface area (Å²) >= 11 is 0. The number of sulfonamides is 1. The molecule has 0 aromatic heterocycles. The third-order valence-corrected chi connectivity index (χ3v) is 7.86. The van der Waals surface area contributed by atoms with Crippen molar-refractivity contribution < 1.29 is 18.0 Å². The number of hydrogen-bond acceptors (Lipinski definition) is 4. The molecule has 8 heteroatoms. The Kier molecular flexibility index (Phi) is 6.32. The highest BCUT2D eigenvalue weighted by Gasteiger charge is 2.33. The summed E-state index contributed by atoms with van der Waals surface area (Å²) in [5.74, 6) is -0.354. The first kappa shape index (κ1) is 22.1. The van der Waals surface area contributed by atoms with Gasteiger partial charge in [-0.25, -0.2) is 8.42 Å². The van der Waals surface area contributed by atoms with Crippen molar-refractivity contribution in [1.29, 1.82) is 0 Å². The minimum atomic E-state index is -3.82. The van der Waals surface area contributed by atoms with E-state index in [1.54, 1.807) is 24.3 Å². The van der Waals surface area contributed by atoms with Crippen LogP contribution >= 0.6 is 0 Å². The van der Waals surface area contributed by atoms with E-state index in [1.807, 2.05) is 17.0 Å². The fraction of sp³-hybridized carbons (Fsp3) is 0.333. The van der Waals surface area contributed by atoms with Gasteiger partial charge in [-0.15, -0.1) is 0 Å². The smallest absolute Gasteiger partial charge is 0.264 e. The fourth-order valence-corrected chi connectivity index (χ4v) is 5.84. The van der Waals surface area contributed by atoms with Gasteiger partial charge in [0.2, 0.25) is 5.91 Å². The molecule has 1 N–H and O–H groups in total. The lowest BCUT2D eigenvalue weighted by atomic mass is 9.98. The van der Waals surface area contributed by atoms with Crippen LogP contribution in [0.4, 0.5) is 5.69 Å². The molecule has 0 saturated carbocycles. The maximum atomic E-state index is 13.4. The van der Waals surface area contributed by atoms with E-state index in [9.17, 15) is 18.0 Å². The van der Waals surface area contributed by atoms with E-state index in [1.165, 1.54) is 22.5 Å². The number of carbonyl (C=O) groups excluding carboxylic acids is 2. The van der Waals surface area contributed by atoms with Crippen molar-refractivity contribution in [3.05, 3.63) is 72.3 Å². The molecule has 2 aromatic rings. The zero-order valence-electron chi connectivity index (χ0n) is 17.9. The second-order valence-corrected chi connectivity index (χ2v) is 9.93. The largest absolute Gasteiger partial charge is 0.346 e. The van der Waals surface area contributed by atoms with Crippen LogP contribution in [0.1, 0.15) is 47.6 Å². The van der Waals surface area contributed by atoms with E-state index in [4.69, 9.17) is 0 Å². The Morgan fingerprint density at radius 1 is 0.969 bits per heavy atom. The van der Waals surface area contributed by atoms with Gasteiger partial charge in [-0.3, -0.25) is 13.9 Å². The molecular formula is C24H27N3O4S. The van der Waals surface area contributed by atoms with Crippen LogP contribution in [0.15, 0.2) is 66.1 Å². The second kappa shape index (κ2) is 9.16. The van der Waals surface area contributed by atoms with Gasteiger partial charge in [-0.05, 0) is 67.7 Å². The third kappa shape index (κ3) is 4.27. The van der Waals surface area contributed by atoms with Crippen molar-refractivity contribution in [2.45, 2.75) is 36.6 Å². The Morgan fingerprint density at radius 3 is 2.34 bits per heavy atom. The van der Waals surface area contributed by atoms with Gasteiger partial charge in [0.25, 0.3) is 15.9 Å². The van der Waals surface area contributed by atoms with Crippen LogP contribution in [0, 0.1) is 0 Å². The summed E-state index contributed by atoms with van der Waals surface area (Å²) in [5.41, 5.74) is 1.79. The quantitative estimate of drug-likeness (QED) is 0.704. The molecule has 4 rings (SSSR count). The highest BCUT2D eigenvalue weighted by Crippen LogP contribution is 2.37. The molecule has 7 nitrogen and oxygen atoms in total. The first-order chi connectivity index (χ1) is 15.4. The molecule has 0 bridgehead atoms. The molecule has 0 aliphatic carbocycles. The average molecular weight is 454 g/mol. The van der Waals surface area contributed by atoms with Gasteiger partial charge in [0.1, 0.15) is 0 Å². The summed E-state index contributed by atoms with van der Waals surface area (Å²) in [6.07, 6.45) is 4.79. The predicted molar refractivity (Wildman–Crippen MR) is 123 cm³/mol. The molecule has 0 radical (unpaired) electrons. The lowest BCUT2D eigenvalue weighted by molar-refractivity contribution is -0.117. The number of amides is 2. The van der Waals surface area contributed by atoms with Crippen LogP contribution in [0.5, 0.6) is 0 Å². The number of hydrogen-bond donors (Lipinski definition) is 1. The summed E-state index contributed by atoms with van der Waals surface area (Å²) < 4.78 is 28.3. The number of rotatable bonds is 5.